The van der Waals surface area contributed by atoms with Crippen molar-refractivity contribution in [3.8, 4) is 0 Å². The van der Waals surface area contributed by atoms with E-state index in [1.165, 1.54) is 0 Å². The van der Waals surface area contributed by atoms with Crippen LogP contribution in [0.5, 0.6) is 0 Å². The van der Waals surface area contributed by atoms with E-state index in [-0.39, 0.29) is 5.78 Å². The molecule has 0 saturated heterocycles. The summed E-state index contributed by atoms with van der Waals surface area (Å²) in [6.45, 7) is 0. The highest BCUT2D eigenvalue weighted by atomic mass is 16.1. The van der Waals surface area contributed by atoms with Crippen molar-refractivity contribution in [1.82, 2.24) is 9.97 Å². The Morgan fingerprint density at radius 3 is 2.54 bits per heavy atom. The number of hydrogen-bond donors (Lipinski definition) is 2. The molecule has 0 fully saturated rings. The van der Waals surface area contributed by atoms with Gasteiger partial charge in [-0.25, -0.2) is 10.4 Å². The van der Waals surface area contributed by atoms with Gasteiger partial charge in [-0.05, 0) is 17.5 Å². The van der Waals surface area contributed by atoms with Gasteiger partial charge < -0.3 is 4.98 Å². The molecule has 2 N–H and O–H groups in total. The number of aromatic amines is 1. The van der Waals surface area contributed by atoms with E-state index in [9.17, 15) is 4.79 Å². The third-order valence-corrected chi connectivity index (χ3v) is 4.28. The van der Waals surface area contributed by atoms with Gasteiger partial charge >= 0.3 is 0 Å². The quantitative estimate of drug-likeness (QED) is 0.554. The van der Waals surface area contributed by atoms with E-state index in [2.05, 4.69) is 20.5 Å². The van der Waals surface area contributed by atoms with Crippen molar-refractivity contribution >= 4 is 39.2 Å². The lowest BCUT2D eigenvalue weighted by molar-refractivity contribution is 0.107. The number of hydrogen-bond acceptors (Lipinski definition) is 4. The summed E-state index contributed by atoms with van der Waals surface area (Å²) in [5.41, 5.74) is 6.63. The van der Waals surface area contributed by atoms with Crippen LogP contribution in [-0.4, -0.2) is 21.5 Å². The monoisotopic (exact) mass is 312 g/mol. The standard InChI is InChI=1S/C19H12N4O/c24-18-13-8-4-6-11-5-3-7-12(16(11)13)17(18)22-23-19-20-14-9-1-2-10-15(14)21-19/h1-10H,(H2,20,21,23)/b22-17-. The highest BCUT2D eigenvalue weighted by Gasteiger charge is 2.28. The number of carbonyl (C=O) groups is 1. The van der Waals surface area contributed by atoms with Crippen molar-refractivity contribution in [3.05, 3.63) is 71.8 Å². The lowest BCUT2D eigenvalue weighted by atomic mass is 10.1. The van der Waals surface area contributed by atoms with E-state index in [0.717, 1.165) is 27.4 Å². The number of para-hydroxylation sites is 2. The molecule has 1 aliphatic carbocycles. The van der Waals surface area contributed by atoms with Crippen LogP contribution in [0.4, 0.5) is 5.95 Å². The van der Waals surface area contributed by atoms with Gasteiger partial charge in [-0.15, -0.1) is 0 Å². The van der Waals surface area contributed by atoms with Gasteiger partial charge in [-0.2, -0.15) is 5.10 Å². The second-order valence-corrected chi connectivity index (χ2v) is 5.71. The van der Waals surface area contributed by atoms with Crippen LogP contribution in [0, 0.1) is 0 Å². The first-order chi connectivity index (χ1) is 11.8. The third-order valence-electron chi connectivity index (χ3n) is 4.28. The minimum atomic E-state index is -0.0644. The highest BCUT2D eigenvalue weighted by Crippen LogP contribution is 2.31. The maximum Gasteiger partial charge on any atom is 0.222 e. The Kier molecular flexibility index (Phi) is 2.58. The molecular weight excluding hydrogens is 300 g/mol. The summed E-state index contributed by atoms with van der Waals surface area (Å²) in [6.07, 6.45) is 0. The smallest absolute Gasteiger partial charge is 0.222 e. The molecule has 114 valence electrons. The number of benzene rings is 3. The summed E-state index contributed by atoms with van der Waals surface area (Å²) < 4.78 is 0. The maximum atomic E-state index is 12.7. The molecule has 0 spiro atoms. The number of anilines is 1. The molecular formula is C19H12N4O. The van der Waals surface area contributed by atoms with Crippen LogP contribution in [0.1, 0.15) is 15.9 Å². The van der Waals surface area contributed by atoms with Gasteiger partial charge in [0.15, 0.2) is 0 Å². The third kappa shape index (κ3) is 1.78. The first-order valence-electron chi connectivity index (χ1n) is 7.66. The van der Waals surface area contributed by atoms with Crippen molar-refractivity contribution in [2.75, 3.05) is 5.43 Å². The highest BCUT2D eigenvalue weighted by molar-refractivity contribution is 6.59. The number of nitrogens with zero attached hydrogens (tertiary/aromatic N) is 2. The van der Waals surface area contributed by atoms with Gasteiger partial charge in [-0.1, -0.05) is 48.5 Å². The number of ketones is 1. The van der Waals surface area contributed by atoms with Gasteiger partial charge in [0.2, 0.25) is 11.7 Å². The van der Waals surface area contributed by atoms with Crippen LogP contribution in [0.15, 0.2) is 65.8 Å². The largest absolute Gasteiger partial charge is 0.323 e. The van der Waals surface area contributed by atoms with Gasteiger partial charge in [0.05, 0.1) is 11.0 Å². The molecule has 5 nitrogen and oxygen atoms in total. The number of hydrazone groups is 1. The number of carbonyl (C=O) groups excluding carboxylic acids is 1. The topological polar surface area (TPSA) is 70.1 Å². The van der Waals surface area contributed by atoms with Crippen molar-refractivity contribution in [2.45, 2.75) is 0 Å². The Balaban J connectivity index is 1.59. The van der Waals surface area contributed by atoms with Gasteiger partial charge in [0.1, 0.15) is 5.71 Å². The van der Waals surface area contributed by atoms with Crippen LogP contribution in [-0.2, 0) is 0 Å². The number of fused-ring (bicyclic) bond motifs is 1. The molecule has 0 aliphatic heterocycles. The number of aromatic nitrogens is 2. The Morgan fingerprint density at radius 2 is 1.71 bits per heavy atom. The number of nitrogens with one attached hydrogen (secondary N) is 2. The molecule has 0 unspecified atom stereocenters. The molecule has 3 aromatic carbocycles. The Labute approximate surface area is 137 Å². The summed E-state index contributed by atoms with van der Waals surface area (Å²) in [5, 5.41) is 6.35. The molecule has 0 bridgehead atoms. The van der Waals surface area contributed by atoms with E-state index in [0.29, 0.717) is 17.2 Å². The summed E-state index contributed by atoms with van der Waals surface area (Å²) in [7, 11) is 0. The number of Topliss-reactive ketones (excluding diaryl/α,β-unsaturated/α-hetero) is 1. The predicted molar refractivity (Wildman–Crippen MR) is 94.5 cm³/mol. The fraction of sp³-hybridized carbons (Fsp3) is 0. The van der Waals surface area contributed by atoms with Crippen LogP contribution in [0.3, 0.4) is 0 Å². The summed E-state index contributed by atoms with van der Waals surface area (Å²) in [6, 6.07) is 19.3. The molecule has 1 aromatic heterocycles. The summed E-state index contributed by atoms with van der Waals surface area (Å²) in [4.78, 5) is 20.2. The van der Waals surface area contributed by atoms with Crippen molar-refractivity contribution < 1.29 is 4.79 Å². The van der Waals surface area contributed by atoms with Gasteiger partial charge in [0.25, 0.3) is 0 Å². The minimum Gasteiger partial charge on any atom is -0.323 e. The van der Waals surface area contributed by atoms with Crippen LogP contribution in [0.2, 0.25) is 0 Å². The summed E-state index contributed by atoms with van der Waals surface area (Å²) in [5.74, 6) is 0.449. The lowest BCUT2D eigenvalue weighted by Gasteiger charge is -2.00. The average Bonchev–Trinajstić information content (AvgIpc) is 3.15. The number of rotatable bonds is 2. The Hall–Kier alpha value is -3.47. The second kappa shape index (κ2) is 4.76. The molecule has 1 heterocycles. The molecule has 0 radical (unpaired) electrons. The van der Waals surface area contributed by atoms with Crippen LogP contribution in [0.25, 0.3) is 21.8 Å². The van der Waals surface area contributed by atoms with Crippen molar-refractivity contribution in [3.63, 3.8) is 0 Å². The fourth-order valence-electron chi connectivity index (χ4n) is 3.20. The zero-order valence-corrected chi connectivity index (χ0v) is 12.6. The van der Waals surface area contributed by atoms with E-state index >= 15 is 0 Å². The van der Waals surface area contributed by atoms with E-state index in [1.807, 2.05) is 60.7 Å². The molecule has 24 heavy (non-hydrogen) atoms. The first kappa shape index (κ1) is 13.0. The zero-order chi connectivity index (χ0) is 16.1. The van der Waals surface area contributed by atoms with Crippen LogP contribution < -0.4 is 5.43 Å². The van der Waals surface area contributed by atoms with Gasteiger partial charge in [-0.3, -0.25) is 4.79 Å². The average molecular weight is 312 g/mol. The van der Waals surface area contributed by atoms with E-state index < -0.39 is 0 Å². The number of H-pyrrole nitrogens is 1. The number of imidazole rings is 1. The van der Waals surface area contributed by atoms with Crippen LogP contribution >= 0.6 is 0 Å². The Morgan fingerprint density at radius 1 is 0.917 bits per heavy atom. The van der Waals surface area contributed by atoms with E-state index in [4.69, 9.17) is 0 Å². The molecule has 1 aliphatic rings. The zero-order valence-electron chi connectivity index (χ0n) is 12.6. The van der Waals surface area contributed by atoms with Crippen molar-refractivity contribution in [2.24, 2.45) is 5.10 Å². The predicted octanol–water partition coefficient (Wildman–Crippen LogP) is 3.73. The minimum absolute atomic E-state index is 0.0644. The van der Waals surface area contributed by atoms with Crippen molar-refractivity contribution in [1.29, 1.82) is 0 Å². The fourth-order valence-corrected chi connectivity index (χ4v) is 3.20. The summed E-state index contributed by atoms with van der Waals surface area (Å²) >= 11 is 0. The lowest BCUT2D eigenvalue weighted by Crippen LogP contribution is -2.11. The second-order valence-electron chi connectivity index (χ2n) is 5.71. The molecule has 0 amide bonds. The Bertz CT molecular complexity index is 1120. The van der Waals surface area contributed by atoms with Gasteiger partial charge in [0, 0.05) is 16.5 Å². The molecule has 5 rings (SSSR count). The molecule has 5 heteroatoms. The normalized spacial score (nSPS) is 14.8. The molecule has 0 atom stereocenters. The molecule has 4 aromatic rings. The SMILES string of the molecule is O=C1/C(=N\Nc2nc3ccccc3[nH]2)c2cccc3cccc1c23. The first-order valence-corrected chi connectivity index (χ1v) is 7.66. The molecule has 0 saturated carbocycles. The maximum absolute atomic E-state index is 12.7. The van der Waals surface area contributed by atoms with E-state index in [1.54, 1.807) is 0 Å².